The number of hydrogen-bond donors (Lipinski definition) is 1. The average Bonchev–Trinajstić information content (AvgIpc) is 2.84. The zero-order valence-corrected chi connectivity index (χ0v) is 16.4. The third-order valence-corrected chi connectivity index (χ3v) is 5.33. The molecule has 4 rings (SSSR count). The van der Waals surface area contributed by atoms with Gasteiger partial charge in [-0.2, -0.15) is 0 Å². The Morgan fingerprint density at radius 1 is 1.25 bits per heavy atom. The summed E-state index contributed by atoms with van der Waals surface area (Å²) in [5.74, 6) is 0.166. The van der Waals surface area contributed by atoms with Gasteiger partial charge in [0.2, 0.25) is 0 Å². The van der Waals surface area contributed by atoms with Crippen LogP contribution in [0.4, 0.5) is 4.79 Å². The molecule has 6 heteroatoms. The van der Waals surface area contributed by atoms with Crippen molar-refractivity contribution in [3.63, 3.8) is 0 Å². The number of allylic oxidation sites excluding steroid dienone is 1. The summed E-state index contributed by atoms with van der Waals surface area (Å²) in [6, 6.07) is 7.72. The number of amides is 1. The fourth-order valence-corrected chi connectivity index (χ4v) is 3.99. The van der Waals surface area contributed by atoms with Gasteiger partial charge >= 0.3 is 6.09 Å². The SMILES string of the molecule is CCOC(=O)N1C=C/C(=C2\c3ccc(Cl)cc3CCc3cc(O)cnc32)CC1. The van der Waals surface area contributed by atoms with Crippen LogP contribution in [-0.4, -0.2) is 34.2 Å². The molecule has 28 heavy (non-hydrogen) atoms. The van der Waals surface area contributed by atoms with Crippen LogP contribution >= 0.6 is 11.6 Å². The third-order valence-electron chi connectivity index (χ3n) is 5.09. The van der Waals surface area contributed by atoms with Crippen LogP contribution in [0.1, 0.15) is 35.7 Å². The number of pyridine rings is 1. The van der Waals surface area contributed by atoms with E-state index in [-0.39, 0.29) is 11.8 Å². The van der Waals surface area contributed by atoms with Gasteiger partial charge in [-0.05, 0) is 72.7 Å². The van der Waals surface area contributed by atoms with Gasteiger partial charge in [0.15, 0.2) is 0 Å². The molecule has 1 aromatic carbocycles. The molecule has 0 radical (unpaired) electrons. The van der Waals surface area contributed by atoms with Crippen molar-refractivity contribution in [2.75, 3.05) is 13.2 Å². The van der Waals surface area contributed by atoms with E-state index in [0.717, 1.165) is 46.4 Å². The zero-order valence-electron chi connectivity index (χ0n) is 15.6. The number of carbonyl (C=O) groups excluding carboxylic acids is 1. The first kappa shape index (κ1) is 18.6. The smallest absolute Gasteiger partial charge is 0.413 e. The van der Waals surface area contributed by atoms with Crippen LogP contribution < -0.4 is 0 Å². The molecule has 1 aromatic heterocycles. The number of rotatable bonds is 1. The van der Waals surface area contributed by atoms with Crippen LogP contribution in [0.25, 0.3) is 5.57 Å². The number of benzene rings is 1. The zero-order chi connectivity index (χ0) is 19.7. The molecule has 2 aromatic rings. The minimum atomic E-state index is -0.334. The van der Waals surface area contributed by atoms with Crippen LogP contribution in [0.15, 0.2) is 48.3 Å². The molecule has 0 saturated carbocycles. The van der Waals surface area contributed by atoms with Crippen molar-refractivity contribution in [3.05, 3.63) is 75.7 Å². The van der Waals surface area contributed by atoms with Gasteiger partial charge in [-0.15, -0.1) is 0 Å². The number of ether oxygens (including phenoxy) is 1. The van der Waals surface area contributed by atoms with Gasteiger partial charge in [-0.1, -0.05) is 17.7 Å². The van der Waals surface area contributed by atoms with Crippen LogP contribution in [0.2, 0.25) is 5.02 Å². The van der Waals surface area contributed by atoms with Gasteiger partial charge < -0.3 is 9.84 Å². The molecule has 1 aliphatic carbocycles. The highest BCUT2D eigenvalue weighted by Crippen LogP contribution is 2.38. The topological polar surface area (TPSA) is 62.7 Å². The monoisotopic (exact) mass is 396 g/mol. The second-order valence-corrected chi connectivity index (χ2v) is 7.30. The van der Waals surface area contributed by atoms with Gasteiger partial charge in [0.05, 0.1) is 18.5 Å². The molecule has 144 valence electrons. The minimum absolute atomic E-state index is 0.166. The number of aromatic nitrogens is 1. The van der Waals surface area contributed by atoms with Crippen molar-refractivity contribution >= 4 is 23.3 Å². The lowest BCUT2D eigenvalue weighted by Gasteiger charge is -2.24. The Balaban J connectivity index is 1.85. The van der Waals surface area contributed by atoms with E-state index in [9.17, 15) is 9.90 Å². The lowest BCUT2D eigenvalue weighted by atomic mass is 9.90. The number of fused-ring (bicyclic) bond motifs is 2. The average molecular weight is 397 g/mol. The second kappa shape index (κ2) is 7.68. The molecular formula is C22H21ClN2O3. The molecule has 0 unspecified atom stereocenters. The fraction of sp³-hybridized carbons (Fsp3) is 0.273. The number of aromatic hydroxyl groups is 1. The Bertz CT molecular complexity index is 942. The second-order valence-electron chi connectivity index (χ2n) is 6.86. The summed E-state index contributed by atoms with van der Waals surface area (Å²) in [6.07, 6.45) is 7.16. The van der Waals surface area contributed by atoms with Gasteiger partial charge in [0.1, 0.15) is 5.75 Å². The van der Waals surface area contributed by atoms with E-state index in [1.54, 1.807) is 24.1 Å². The van der Waals surface area contributed by atoms with E-state index in [4.69, 9.17) is 16.3 Å². The van der Waals surface area contributed by atoms with E-state index in [2.05, 4.69) is 4.98 Å². The first-order valence-corrected chi connectivity index (χ1v) is 9.76. The van der Waals surface area contributed by atoms with E-state index in [0.29, 0.717) is 24.6 Å². The fourth-order valence-electron chi connectivity index (χ4n) is 3.79. The standard InChI is InChI=1S/C22H21ClN2O3/c1-2-28-22(27)25-9-7-14(8-10-25)20-19-6-5-17(23)11-15(19)3-4-16-12-18(26)13-24-21(16)20/h5-7,9,11-13,26H,2-4,8,10H2,1H3/b20-14-. The maximum absolute atomic E-state index is 12.0. The number of halogens is 1. The molecule has 1 N–H and O–H groups in total. The number of carbonyl (C=O) groups is 1. The highest BCUT2D eigenvalue weighted by molar-refractivity contribution is 6.30. The van der Waals surface area contributed by atoms with Crippen LogP contribution in [0.5, 0.6) is 5.75 Å². The van der Waals surface area contributed by atoms with Crippen LogP contribution in [0.3, 0.4) is 0 Å². The van der Waals surface area contributed by atoms with Crippen molar-refractivity contribution in [2.45, 2.75) is 26.2 Å². The summed E-state index contributed by atoms with van der Waals surface area (Å²) in [7, 11) is 0. The van der Waals surface area contributed by atoms with Crippen molar-refractivity contribution in [1.29, 1.82) is 0 Å². The first-order chi connectivity index (χ1) is 13.6. The molecule has 0 fully saturated rings. The minimum Gasteiger partial charge on any atom is -0.506 e. The largest absolute Gasteiger partial charge is 0.506 e. The van der Waals surface area contributed by atoms with Crippen molar-refractivity contribution in [3.8, 4) is 5.75 Å². The summed E-state index contributed by atoms with van der Waals surface area (Å²) in [4.78, 5) is 18.1. The summed E-state index contributed by atoms with van der Waals surface area (Å²) in [6.45, 7) is 2.70. The Kier molecular flexibility index (Phi) is 5.09. The molecule has 0 spiro atoms. The molecule has 0 atom stereocenters. The molecule has 2 heterocycles. The highest BCUT2D eigenvalue weighted by atomic mass is 35.5. The summed E-state index contributed by atoms with van der Waals surface area (Å²) >= 11 is 6.24. The van der Waals surface area contributed by atoms with Crippen molar-refractivity contribution in [2.24, 2.45) is 0 Å². The van der Waals surface area contributed by atoms with E-state index in [1.807, 2.05) is 24.3 Å². The van der Waals surface area contributed by atoms with Crippen molar-refractivity contribution in [1.82, 2.24) is 9.88 Å². The summed E-state index contributed by atoms with van der Waals surface area (Å²) in [5.41, 5.74) is 6.29. The number of nitrogens with zero attached hydrogens (tertiary/aromatic N) is 2. The molecular weight excluding hydrogens is 376 g/mol. The lowest BCUT2D eigenvalue weighted by Crippen LogP contribution is -2.29. The van der Waals surface area contributed by atoms with Crippen molar-refractivity contribution < 1.29 is 14.6 Å². The van der Waals surface area contributed by atoms with Crippen LogP contribution in [-0.2, 0) is 17.6 Å². The molecule has 2 aliphatic rings. The number of hydrogen-bond acceptors (Lipinski definition) is 4. The van der Waals surface area contributed by atoms with Gasteiger partial charge in [0, 0.05) is 23.3 Å². The predicted molar refractivity (Wildman–Crippen MR) is 108 cm³/mol. The normalized spacial score (nSPS) is 18.3. The summed E-state index contributed by atoms with van der Waals surface area (Å²) in [5, 5.41) is 10.6. The predicted octanol–water partition coefficient (Wildman–Crippen LogP) is 4.72. The maximum atomic E-state index is 12.0. The lowest BCUT2D eigenvalue weighted by molar-refractivity contribution is 0.122. The van der Waals surface area contributed by atoms with E-state index >= 15 is 0 Å². The van der Waals surface area contributed by atoms with Gasteiger partial charge in [0.25, 0.3) is 0 Å². The number of aryl methyl sites for hydroxylation is 2. The molecule has 1 aliphatic heterocycles. The molecule has 0 saturated heterocycles. The van der Waals surface area contributed by atoms with Gasteiger partial charge in [-0.25, -0.2) is 4.79 Å². The molecule has 5 nitrogen and oxygen atoms in total. The Morgan fingerprint density at radius 3 is 2.82 bits per heavy atom. The van der Waals surface area contributed by atoms with E-state index in [1.165, 1.54) is 6.20 Å². The maximum Gasteiger partial charge on any atom is 0.413 e. The molecule has 0 bridgehead atoms. The Labute approximate surface area is 168 Å². The third kappa shape index (κ3) is 3.50. The Hall–Kier alpha value is -2.79. The van der Waals surface area contributed by atoms with E-state index < -0.39 is 0 Å². The Morgan fingerprint density at radius 2 is 2.07 bits per heavy atom. The quantitative estimate of drug-likeness (QED) is 0.757. The highest BCUT2D eigenvalue weighted by Gasteiger charge is 2.25. The van der Waals surface area contributed by atoms with Crippen LogP contribution in [0, 0.1) is 0 Å². The summed E-state index contributed by atoms with van der Waals surface area (Å²) < 4.78 is 5.09. The van der Waals surface area contributed by atoms with Gasteiger partial charge in [-0.3, -0.25) is 9.88 Å². The first-order valence-electron chi connectivity index (χ1n) is 9.38. The molecule has 1 amide bonds.